The van der Waals surface area contributed by atoms with Crippen LogP contribution in [0.3, 0.4) is 0 Å². The number of thioether (sulfide) groups is 1. The molecule has 2 aliphatic heterocycles. The molecule has 1 spiro atoms. The van der Waals surface area contributed by atoms with E-state index in [9.17, 15) is 4.79 Å². The van der Waals surface area contributed by atoms with Gasteiger partial charge < -0.3 is 14.6 Å². The van der Waals surface area contributed by atoms with Gasteiger partial charge in [0, 0.05) is 19.0 Å². The van der Waals surface area contributed by atoms with Crippen LogP contribution in [0.1, 0.15) is 36.2 Å². The molecule has 2 aliphatic rings. The van der Waals surface area contributed by atoms with Crippen LogP contribution in [0.25, 0.3) is 0 Å². The fraction of sp³-hybridized carbons (Fsp3) is 0.600. The van der Waals surface area contributed by atoms with Crippen molar-refractivity contribution in [2.24, 2.45) is 0 Å². The summed E-state index contributed by atoms with van der Waals surface area (Å²) in [5.74, 6) is 1.55. The molecule has 1 N–H and O–H groups in total. The number of carboxylic acids is 1. The summed E-state index contributed by atoms with van der Waals surface area (Å²) in [7, 11) is 0. The minimum absolute atomic E-state index is 0.00384. The third-order valence-electron chi connectivity index (χ3n) is 4.12. The van der Waals surface area contributed by atoms with Crippen molar-refractivity contribution in [3.05, 3.63) is 24.0 Å². The third kappa shape index (κ3) is 3.32. The molecule has 3 heterocycles. The maximum atomic E-state index is 11.2. The van der Waals surface area contributed by atoms with E-state index in [1.54, 1.807) is 12.1 Å². The molecule has 0 radical (unpaired) electrons. The summed E-state index contributed by atoms with van der Waals surface area (Å²) >= 11 is 1.97. The van der Waals surface area contributed by atoms with Crippen molar-refractivity contribution in [3.63, 3.8) is 0 Å². The van der Waals surface area contributed by atoms with Gasteiger partial charge in [0.15, 0.2) is 11.4 Å². The summed E-state index contributed by atoms with van der Waals surface area (Å²) < 4.78 is 12.0. The van der Waals surface area contributed by atoms with Gasteiger partial charge in [0.1, 0.15) is 6.10 Å². The van der Waals surface area contributed by atoms with E-state index in [1.165, 1.54) is 6.20 Å². The van der Waals surface area contributed by atoms with Crippen LogP contribution in [-0.2, 0) is 4.74 Å². The molecule has 2 saturated heterocycles. The molecule has 0 bridgehead atoms. The predicted octanol–water partition coefficient (Wildman–Crippen LogP) is 2.60. The fourth-order valence-electron chi connectivity index (χ4n) is 3.00. The van der Waals surface area contributed by atoms with Gasteiger partial charge in [-0.05, 0) is 36.5 Å². The van der Waals surface area contributed by atoms with Crippen LogP contribution < -0.4 is 4.74 Å². The van der Waals surface area contributed by atoms with Gasteiger partial charge in [-0.15, -0.1) is 0 Å². The number of hydrogen-bond donors (Lipinski definition) is 1. The molecule has 1 aromatic rings. The summed E-state index contributed by atoms with van der Waals surface area (Å²) in [4.78, 5) is 15.1. The van der Waals surface area contributed by atoms with Gasteiger partial charge in [-0.3, -0.25) is 0 Å². The normalized spacial score (nSPS) is 24.7. The Morgan fingerprint density at radius 3 is 3.05 bits per heavy atom. The van der Waals surface area contributed by atoms with Crippen LogP contribution >= 0.6 is 11.8 Å². The number of hydrogen-bond acceptors (Lipinski definition) is 5. The topological polar surface area (TPSA) is 68.7 Å². The Labute approximate surface area is 128 Å². The minimum atomic E-state index is -1.05. The van der Waals surface area contributed by atoms with Crippen LogP contribution in [0.15, 0.2) is 18.3 Å². The van der Waals surface area contributed by atoms with E-state index >= 15 is 0 Å². The Morgan fingerprint density at radius 2 is 2.29 bits per heavy atom. The molecule has 0 aromatic carbocycles. The molecule has 0 saturated carbocycles. The van der Waals surface area contributed by atoms with Gasteiger partial charge in [-0.2, -0.15) is 11.8 Å². The predicted molar refractivity (Wildman–Crippen MR) is 80.1 cm³/mol. The lowest BCUT2D eigenvalue weighted by atomic mass is 9.86. The first kappa shape index (κ1) is 14.7. The van der Waals surface area contributed by atoms with E-state index < -0.39 is 5.97 Å². The molecule has 0 aliphatic carbocycles. The van der Waals surface area contributed by atoms with Crippen molar-refractivity contribution in [2.75, 3.05) is 18.1 Å². The second-order valence-electron chi connectivity index (χ2n) is 5.53. The molecule has 114 valence electrons. The Morgan fingerprint density at radius 1 is 1.48 bits per heavy atom. The molecule has 3 rings (SSSR count). The Hall–Kier alpha value is -1.27. The van der Waals surface area contributed by atoms with Gasteiger partial charge in [-0.1, -0.05) is 0 Å². The van der Waals surface area contributed by atoms with Gasteiger partial charge in [0.2, 0.25) is 0 Å². The van der Waals surface area contributed by atoms with E-state index in [0.717, 1.165) is 37.2 Å². The van der Waals surface area contributed by atoms with Gasteiger partial charge in [0.25, 0.3) is 0 Å². The highest BCUT2D eigenvalue weighted by atomic mass is 32.2. The average molecular weight is 309 g/mol. The number of ether oxygens (including phenoxy) is 2. The molecule has 0 amide bonds. The highest BCUT2D eigenvalue weighted by Crippen LogP contribution is 2.38. The van der Waals surface area contributed by atoms with Crippen molar-refractivity contribution in [3.8, 4) is 5.75 Å². The van der Waals surface area contributed by atoms with Crippen LogP contribution in [0.4, 0.5) is 0 Å². The number of aromatic carboxylic acids is 1. The van der Waals surface area contributed by atoms with Crippen molar-refractivity contribution in [1.29, 1.82) is 0 Å². The Balaban J connectivity index is 1.71. The van der Waals surface area contributed by atoms with Crippen LogP contribution in [-0.4, -0.2) is 45.9 Å². The first-order chi connectivity index (χ1) is 10.2. The zero-order valence-corrected chi connectivity index (χ0v) is 12.6. The van der Waals surface area contributed by atoms with Crippen molar-refractivity contribution >= 4 is 17.7 Å². The quantitative estimate of drug-likeness (QED) is 0.925. The lowest BCUT2D eigenvalue weighted by molar-refractivity contribution is -0.116. The molecule has 1 unspecified atom stereocenters. The maximum Gasteiger partial charge on any atom is 0.358 e. The first-order valence-electron chi connectivity index (χ1n) is 7.25. The van der Waals surface area contributed by atoms with Gasteiger partial charge >= 0.3 is 5.97 Å². The van der Waals surface area contributed by atoms with E-state index in [2.05, 4.69) is 4.98 Å². The third-order valence-corrected chi connectivity index (χ3v) is 5.10. The lowest BCUT2D eigenvalue weighted by Gasteiger charge is -2.43. The Bertz CT molecular complexity index is 511. The SMILES string of the molecule is O=C(O)c1ncccc1OC1CCOC2(CCSCC2)C1. The zero-order valence-electron chi connectivity index (χ0n) is 11.8. The summed E-state index contributed by atoms with van der Waals surface area (Å²) in [6.45, 7) is 0.679. The van der Waals surface area contributed by atoms with E-state index in [0.29, 0.717) is 12.4 Å². The first-order valence-corrected chi connectivity index (χ1v) is 8.41. The molecular weight excluding hydrogens is 290 g/mol. The average Bonchev–Trinajstić information content (AvgIpc) is 2.48. The standard InChI is InChI=1S/C15H19NO4S/c17-14(18)13-12(2-1-6-16-13)20-11-3-7-19-15(10-11)4-8-21-9-5-15/h1-2,6,11H,3-5,7-10H2,(H,17,18). The zero-order chi connectivity index (χ0) is 14.7. The smallest absolute Gasteiger partial charge is 0.358 e. The van der Waals surface area contributed by atoms with Gasteiger partial charge in [0.05, 0.1) is 12.2 Å². The Kier molecular flexibility index (Phi) is 4.35. The van der Waals surface area contributed by atoms with Crippen LogP contribution in [0, 0.1) is 0 Å². The summed E-state index contributed by atoms with van der Waals surface area (Å²) in [6.07, 6.45) is 5.21. The van der Waals surface area contributed by atoms with Crippen molar-refractivity contribution in [1.82, 2.24) is 4.98 Å². The summed E-state index contributed by atoms with van der Waals surface area (Å²) in [5.41, 5.74) is -0.0861. The molecule has 1 aromatic heterocycles. The minimum Gasteiger partial charge on any atom is -0.488 e. The van der Waals surface area contributed by atoms with Crippen LogP contribution in [0.5, 0.6) is 5.75 Å². The second kappa shape index (κ2) is 6.23. The number of pyridine rings is 1. The van der Waals surface area contributed by atoms with Crippen LogP contribution in [0.2, 0.25) is 0 Å². The van der Waals surface area contributed by atoms with E-state index in [1.807, 2.05) is 11.8 Å². The molecular formula is C15H19NO4S. The number of aromatic nitrogens is 1. The molecule has 5 nitrogen and oxygen atoms in total. The molecule has 21 heavy (non-hydrogen) atoms. The number of carbonyl (C=O) groups is 1. The highest BCUT2D eigenvalue weighted by Gasteiger charge is 2.39. The lowest BCUT2D eigenvalue weighted by Crippen LogP contribution is -2.46. The number of rotatable bonds is 3. The molecule has 1 atom stereocenters. The number of carboxylic acid groups (broad SMARTS) is 1. The maximum absolute atomic E-state index is 11.2. The summed E-state index contributed by atoms with van der Waals surface area (Å²) in [6, 6.07) is 3.38. The number of nitrogens with zero attached hydrogens (tertiary/aromatic N) is 1. The van der Waals surface area contributed by atoms with E-state index in [-0.39, 0.29) is 17.4 Å². The second-order valence-corrected chi connectivity index (χ2v) is 6.76. The largest absolute Gasteiger partial charge is 0.488 e. The highest BCUT2D eigenvalue weighted by molar-refractivity contribution is 7.99. The van der Waals surface area contributed by atoms with Crippen molar-refractivity contribution < 1.29 is 19.4 Å². The molecule has 6 heteroatoms. The van der Waals surface area contributed by atoms with E-state index in [4.69, 9.17) is 14.6 Å². The van der Waals surface area contributed by atoms with Crippen molar-refractivity contribution in [2.45, 2.75) is 37.4 Å². The monoisotopic (exact) mass is 309 g/mol. The van der Waals surface area contributed by atoms with Gasteiger partial charge in [-0.25, -0.2) is 9.78 Å². The molecule has 2 fully saturated rings. The summed E-state index contributed by atoms with van der Waals surface area (Å²) in [5, 5.41) is 9.17. The fourth-order valence-corrected chi connectivity index (χ4v) is 4.24.